The molecule has 0 aliphatic carbocycles. The van der Waals surface area contributed by atoms with Crippen LogP contribution in [-0.4, -0.2) is 24.0 Å². The summed E-state index contributed by atoms with van der Waals surface area (Å²) in [6, 6.07) is 7.24. The van der Waals surface area contributed by atoms with E-state index in [1.165, 1.54) is 11.3 Å². The summed E-state index contributed by atoms with van der Waals surface area (Å²) in [5, 5.41) is 0. The summed E-state index contributed by atoms with van der Waals surface area (Å²) < 4.78 is 11.1. The van der Waals surface area contributed by atoms with E-state index >= 15 is 0 Å². The van der Waals surface area contributed by atoms with Crippen LogP contribution in [0.1, 0.15) is 10.4 Å². The van der Waals surface area contributed by atoms with E-state index in [9.17, 15) is 4.79 Å². The van der Waals surface area contributed by atoms with Gasteiger partial charge in [0.25, 0.3) is 0 Å². The lowest BCUT2D eigenvalue weighted by molar-refractivity contribution is -0.129. The highest BCUT2D eigenvalue weighted by atomic mass is 79.9. The molecule has 0 saturated carbocycles. The second-order valence-electron chi connectivity index (χ2n) is 4.07. The molecule has 106 valence electrons. The quantitative estimate of drug-likeness (QED) is 0.619. The molecular weight excluding hydrogens is 356 g/mol. The Kier molecular flexibility index (Phi) is 3.85. The summed E-state index contributed by atoms with van der Waals surface area (Å²) in [7, 11) is 1.55. The predicted molar refractivity (Wildman–Crippen MR) is 83.4 cm³/mol. The summed E-state index contributed by atoms with van der Waals surface area (Å²) in [5.41, 5.74) is 1.00. The molecule has 0 spiro atoms. The minimum absolute atomic E-state index is 0.251. The van der Waals surface area contributed by atoms with Gasteiger partial charge in [-0.1, -0.05) is 0 Å². The normalized spacial score (nSPS) is 16.0. The monoisotopic (exact) mass is 364 g/mol. The minimum atomic E-state index is -0.467. The number of hydrogen-bond acceptors (Lipinski definition) is 6. The van der Waals surface area contributed by atoms with Gasteiger partial charge in [-0.15, -0.1) is 11.3 Å². The first kappa shape index (κ1) is 14.0. The molecule has 2 aromatic heterocycles. The molecule has 0 fully saturated rings. The molecule has 1 aliphatic rings. The second-order valence-corrected chi connectivity index (χ2v) is 6.54. The highest BCUT2D eigenvalue weighted by Crippen LogP contribution is 2.26. The molecule has 0 aromatic carbocycles. The van der Waals surface area contributed by atoms with Crippen LogP contribution in [0, 0.1) is 0 Å². The van der Waals surface area contributed by atoms with Crippen LogP contribution < -0.4 is 4.74 Å². The van der Waals surface area contributed by atoms with Gasteiger partial charge in [0.1, 0.15) is 0 Å². The molecule has 0 radical (unpaired) electrons. The van der Waals surface area contributed by atoms with Crippen LogP contribution in [0.2, 0.25) is 0 Å². The van der Waals surface area contributed by atoms with Crippen molar-refractivity contribution < 1.29 is 14.3 Å². The van der Waals surface area contributed by atoms with Crippen molar-refractivity contribution in [2.45, 2.75) is 0 Å². The number of cyclic esters (lactones) is 1. The van der Waals surface area contributed by atoms with E-state index in [-0.39, 0.29) is 5.70 Å². The third-order valence-electron chi connectivity index (χ3n) is 2.68. The van der Waals surface area contributed by atoms with Gasteiger partial charge in [0.2, 0.25) is 11.8 Å². The van der Waals surface area contributed by atoms with E-state index in [0.29, 0.717) is 11.8 Å². The van der Waals surface area contributed by atoms with Gasteiger partial charge in [-0.2, -0.15) is 0 Å². The number of carbonyl (C=O) groups is 1. The molecular formula is C14H9BrN2O3S. The van der Waals surface area contributed by atoms with Gasteiger partial charge < -0.3 is 9.47 Å². The number of carbonyl (C=O) groups excluding carboxylic acids is 1. The van der Waals surface area contributed by atoms with E-state index in [1.807, 2.05) is 12.1 Å². The zero-order valence-corrected chi connectivity index (χ0v) is 13.3. The van der Waals surface area contributed by atoms with Gasteiger partial charge in [0.05, 0.1) is 15.8 Å². The number of pyridine rings is 1. The Morgan fingerprint density at radius 3 is 2.81 bits per heavy atom. The lowest BCUT2D eigenvalue weighted by Crippen LogP contribution is -2.03. The number of ether oxygens (including phenoxy) is 2. The van der Waals surface area contributed by atoms with Crippen molar-refractivity contribution >= 4 is 45.2 Å². The number of halogens is 1. The topological polar surface area (TPSA) is 60.8 Å². The van der Waals surface area contributed by atoms with E-state index in [4.69, 9.17) is 9.47 Å². The minimum Gasteiger partial charge on any atom is -0.481 e. The fourth-order valence-corrected chi connectivity index (χ4v) is 3.01. The summed E-state index contributed by atoms with van der Waals surface area (Å²) >= 11 is 4.82. The standard InChI is InChI=1S/C14H9BrN2O3S/c1-19-12-5-2-8(7-16-12)6-9-14(18)20-13(17-9)10-3-4-11(15)21-10/h2-7H,1H3/b9-6-. The van der Waals surface area contributed by atoms with Crippen molar-refractivity contribution in [3.63, 3.8) is 0 Å². The molecule has 0 bridgehead atoms. The van der Waals surface area contributed by atoms with Crippen molar-refractivity contribution in [2.75, 3.05) is 7.11 Å². The van der Waals surface area contributed by atoms with Gasteiger partial charge >= 0.3 is 5.97 Å². The number of methoxy groups -OCH3 is 1. The maximum atomic E-state index is 11.8. The highest BCUT2D eigenvalue weighted by Gasteiger charge is 2.25. The van der Waals surface area contributed by atoms with Gasteiger partial charge in [-0.05, 0) is 45.8 Å². The molecule has 21 heavy (non-hydrogen) atoms. The highest BCUT2D eigenvalue weighted by molar-refractivity contribution is 9.11. The zero-order chi connectivity index (χ0) is 14.8. The third-order valence-corrected chi connectivity index (χ3v) is 4.29. The fraction of sp³-hybridized carbons (Fsp3) is 0.0714. The van der Waals surface area contributed by atoms with Crippen LogP contribution in [-0.2, 0) is 9.53 Å². The van der Waals surface area contributed by atoms with E-state index in [1.54, 1.807) is 31.5 Å². The Labute approximate surface area is 133 Å². The number of thiophene rings is 1. The van der Waals surface area contributed by atoms with Crippen LogP contribution in [0.25, 0.3) is 6.08 Å². The van der Waals surface area contributed by atoms with Crippen molar-refractivity contribution in [2.24, 2.45) is 4.99 Å². The molecule has 0 unspecified atom stereocenters. The first-order valence-corrected chi connectivity index (χ1v) is 7.55. The average Bonchev–Trinajstić information content (AvgIpc) is 3.07. The van der Waals surface area contributed by atoms with Gasteiger partial charge in [-0.3, -0.25) is 0 Å². The van der Waals surface area contributed by atoms with Crippen molar-refractivity contribution in [3.05, 3.63) is 50.4 Å². The van der Waals surface area contributed by atoms with Gasteiger partial charge in [-0.25, -0.2) is 14.8 Å². The SMILES string of the molecule is COc1ccc(/C=C2\N=C(c3ccc(Br)s3)OC2=O)cn1. The van der Waals surface area contributed by atoms with Gasteiger partial charge in [0.15, 0.2) is 5.70 Å². The van der Waals surface area contributed by atoms with Crippen molar-refractivity contribution in [3.8, 4) is 5.88 Å². The maximum absolute atomic E-state index is 11.8. The fourth-order valence-electron chi connectivity index (χ4n) is 1.70. The molecule has 0 N–H and O–H groups in total. The maximum Gasteiger partial charge on any atom is 0.363 e. The van der Waals surface area contributed by atoms with E-state index < -0.39 is 5.97 Å². The average molecular weight is 365 g/mol. The molecule has 0 amide bonds. The smallest absolute Gasteiger partial charge is 0.363 e. The largest absolute Gasteiger partial charge is 0.481 e. The molecule has 3 heterocycles. The Morgan fingerprint density at radius 1 is 1.33 bits per heavy atom. The number of aromatic nitrogens is 1. The number of aliphatic imine (C=N–C) groups is 1. The molecule has 0 atom stereocenters. The van der Waals surface area contributed by atoms with Crippen molar-refractivity contribution in [1.82, 2.24) is 4.98 Å². The molecule has 1 aliphatic heterocycles. The van der Waals surface area contributed by atoms with Crippen LogP contribution in [0.3, 0.4) is 0 Å². The lowest BCUT2D eigenvalue weighted by Gasteiger charge is -1.97. The summed E-state index contributed by atoms with van der Waals surface area (Å²) in [4.78, 5) is 20.9. The summed E-state index contributed by atoms with van der Waals surface area (Å²) in [6.45, 7) is 0. The molecule has 5 nitrogen and oxygen atoms in total. The zero-order valence-electron chi connectivity index (χ0n) is 10.9. The number of rotatable bonds is 3. The van der Waals surface area contributed by atoms with Gasteiger partial charge in [0, 0.05) is 12.3 Å². The Bertz CT molecular complexity index is 750. The van der Waals surface area contributed by atoms with Crippen molar-refractivity contribution in [1.29, 1.82) is 0 Å². The van der Waals surface area contributed by atoms with Crippen LogP contribution in [0.5, 0.6) is 5.88 Å². The number of hydrogen-bond donors (Lipinski definition) is 0. The molecule has 2 aromatic rings. The molecule has 3 rings (SSSR count). The van der Waals surface area contributed by atoms with Crippen LogP contribution >= 0.6 is 27.3 Å². The lowest BCUT2D eigenvalue weighted by atomic mass is 10.2. The Balaban J connectivity index is 1.88. The molecule has 0 saturated heterocycles. The predicted octanol–water partition coefficient (Wildman–Crippen LogP) is 3.26. The number of nitrogens with zero attached hydrogens (tertiary/aromatic N) is 2. The second kappa shape index (κ2) is 5.79. The number of esters is 1. The first-order chi connectivity index (χ1) is 10.2. The summed E-state index contributed by atoms with van der Waals surface area (Å²) in [6.07, 6.45) is 3.23. The van der Waals surface area contributed by atoms with Crippen LogP contribution in [0.4, 0.5) is 0 Å². The first-order valence-electron chi connectivity index (χ1n) is 5.94. The van der Waals surface area contributed by atoms with E-state index in [0.717, 1.165) is 14.2 Å². The van der Waals surface area contributed by atoms with E-state index in [2.05, 4.69) is 25.9 Å². The molecule has 7 heteroatoms. The third kappa shape index (κ3) is 3.03. The Hall–Kier alpha value is -1.99. The van der Waals surface area contributed by atoms with Crippen LogP contribution in [0.15, 0.2) is 44.9 Å². The Morgan fingerprint density at radius 2 is 2.19 bits per heavy atom. The summed E-state index contributed by atoms with van der Waals surface area (Å²) in [5.74, 6) is 0.368.